The SMILES string of the molecule is COc1ccc(N2CCCN=C2NC(=O)c2ccccc2C)cc1. The van der Waals surface area contributed by atoms with E-state index in [4.69, 9.17) is 4.74 Å². The molecule has 5 nitrogen and oxygen atoms in total. The van der Waals surface area contributed by atoms with Crippen LogP contribution in [0.15, 0.2) is 53.5 Å². The Morgan fingerprint density at radius 2 is 1.92 bits per heavy atom. The van der Waals surface area contributed by atoms with Gasteiger partial charge in [-0.25, -0.2) is 0 Å². The van der Waals surface area contributed by atoms with E-state index in [-0.39, 0.29) is 5.91 Å². The van der Waals surface area contributed by atoms with Gasteiger partial charge in [-0.15, -0.1) is 0 Å². The topological polar surface area (TPSA) is 53.9 Å². The van der Waals surface area contributed by atoms with Gasteiger partial charge in [-0.1, -0.05) is 18.2 Å². The van der Waals surface area contributed by atoms with E-state index in [1.165, 1.54) is 0 Å². The molecule has 0 spiro atoms. The lowest BCUT2D eigenvalue weighted by atomic mass is 10.1. The fourth-order valence-electron chi connectivity index (χ4n) is 2.72. The molecule has 1 N–H and O–H groups in total. The van der Waals surface area contributed by atoms with Crippen molar-refractivity contribution in [2.45, 2.75) is 13.3 Å². The Hall–Kier alpha value is -2.82. The second-order valence-corrected chi connectivity index (χ2v) is 5.68. The predicted octanol–water partition coefficient (Wildman–Crippen LogP) is 3.00. The Bertz CT molecular complexity index is 753. The molecule has 1 heterocycles. The van der Waals surface area contributed by atoms with Gasteiger partial charge in [0.2, 0.25) is 5.96 Å². The van der Waals surface area contributed by atoms with Crippen molar-refractivity contribution in [2.24, 2.45) is 4.99 Å². The molecule has 1 aliphatic heterocycles. The molecule has 124 valence electrons. The minimum absolute atomic E-state index is 0.132. The number of hydrogen-bond donors (Lipinski definition) is 1. The molecule has 0 saturated heterocycles. The number of anilines is 1. The number of methoxy groups -OCH3 is 1. The van der Waals surface area contributed by atoms with E-state index in [1.807, 2.05) is 60.4 Å². The minimum Gasteiger partial charge on any atom is -0.497 e. The number of nitrogens with zero attached hydrogens (tertiary/aromatic N) is 2. The summed E-state index contributed by atoms with van der Waals surface area (Å²) in [5, 5.41) is 2.96. The molecule has 24 heavy (non-hydrogen) atoms. The Morgan fingerprint density at radius 1 is 1.17 bits per heavy atom. The number of aryl methyl sites for hydroxylation is 1. The third kappa shape index (κ3) is 3.40. The molecule has 0 atom stereocenters. The number of benzene rings is 2. The number of ether oxygens (including phenoxy) is 1. The zero-order chi connectivity index (χ0) is 16.9. The van der Waals surface area contributed by atoms with Gasteiger partial charge in [-0.3, -0.25) is 15.1 Å². The lowest BCUT2D eigenvalue weighted by Gasteiger charge is -2.29. The third-order valence-electron chi connectivity index (χ3n) is 4.06. The first kappa shape index (κ1) is 16.1. The highest BCUT2D eigenvalue weighted by atomic mass is 16.5. The highest BCUT2D eigenvalue weighted by molar-refractivity contribution is 6.11. The fraction of sp³-hybridized carbons (Fsp3) is 0.263. The van der Waals surface area contributed by atoms with E-state index >= 15 is 0 Å². The van der Waals surface area contributed by atoms with Gasteiger partial charge in [0.25, 0.3) is 5.91 Å². The third-order valence-corrected chi connectivity index (χ3v) is 4.06. The van der Waals surface area contributed by atoms with Gasteiger partial charge in [0, 0.05) is 24.3 Å². The number of amides is 1. The summed E-state index contributed by atoms with van der Waals surface area (Å²) in [6.07, 6.45) is 0.954. The molecule has 2 aromatic carbocycles. The van der Waals surface area contributed by atoms with Crippen molar-refractivity contribution < 1.29 is 9.53 Å². The molecule has 0 unspecified atom stereocenters. The lowest BCUT2D eigenvalue weighted by Crippen LogP contribution is -2.47. The van der Waals surface area contributed by atoms with Crippen LogP contribution < -0.4 is 15.0 Å². The van der Waals surface area contributed by atoms with Crippen LogP contribution in [-0.2, 0) is 0 Å². The molecule has 2 aromatic rings. The van der Waals surface area contributed by atoms with E-state index < -0.39 is 0 Å². The average Bonchev–Trinajstić information content (AvgIpc) is 2.62. The first-order chi connectivity index (χ1) is 11.7. The largest absolute Gasteiger partial charge is 0.497 e. The summed E-state index contributed by atoms with van der Waals surface area (Å²) in [7, 11) is 1.64. The van der Waals surface area contributed by atoms with E-state index in [9.17, 15) is 4.79 Å². The molecule has 0 aromatic heterocycles. The summed E-state index contributed by atoms with van der Waals surface area (Å²) >= 11 is 0. The van der Waals surface area contributed by atoms with Gasteiger partial charge < -0.3 is 9.64 Å². The van der Waals surface area contributed by atoms with Crippen molar-refractivity contribution in [3.05, 3.63) is 59.7 Å². The highest BCUT2D eigenvalue weighted by Crippen LogP contribution is 2.21. The van der Waals surface area contributed by atoms with Crippen LogP contribution in [0.3, 0.4) is 0 Å². The maximum atomic E-state index is 12.6. The van der Waals surface area contributed by atoms with Crippen LogP contribution in [0.1, 0.15) is 22.3 Å². The maximum absolute atomic E-state index is 12.6. The molecule has 0 fully saturated rings. The molecule has 1 amide bonds. The standard InChI is InChI=1S/C19H21N3O2/c1-14-6-3-4-7-17(14)18(23)21-19-20-12-5-13-22(19)15-8-10-16(24-2)11-9-15/h3-4,6-11H,5,12-13H2,1-2H3,(H,20,21,23). The second kappa shape index (κ2) is 7.17. The van der Waals surface area contributed by atoms with Crippen molar-refractivity contribution in [1.82, 2.24) is 5.32 Å². The molecule has 3 rings (SSSR count). The van der Waals surface area contributed by atoms with Crippen LogP contribution in [-0.4, -0.2) is 32.1 Å². The van der Waals surface area contributed by atoms with Crippen molar-refractivity contribution in [3.8, 4) is 5.75 Å². The summed E-state index contributed by atoms with van der Waals surface area (Å²) in [5.74, 6) is 1.27. The van der Waals surface area contributed by atoms with Gasteiger partial charge in [0.05, 0.1) is 7.11 Å². The zero-order valence-electron chi connectivity index (χ0n) is 14.0. The van der Waals surface area contributed by atoms with Crippen LogP contribution in [0.25, 0.3) is 0 Å². The number of rotatable bonds is 3. The molecular weight excluding hydrogens is 302 g/mol. The normalized spacial score (nSPS) is 14.1. The van der Waals surface area contributed by atoms with Crippen molar-refractivity contribution in [3.63, 3.8) is 0 Å². The van der Waals surface area contributed by atoms with Gasteiger partial charge in [0.1, 0.15) is 5.75 Å². The Labute approximate surface area is 142 Å². The quantitative estimate of drug-likeness (QED) is 0.945. The molecule has 0 bridgehead atoms. The number of carbonyl (C=O) groups is 1. The molecule has 0 radical (unpaired) electrons. The van der Waals surface area contributed by atoms with E-state index in [0.717, 1.165) is 36.5 Å². The lowest BCUT2D eigenvalue weighted by molar-refractivity contribution is 0.0975. The molecule has 1 aliphatic rings. The van der Waals surface area contributed by atoms with Crippen LogP contribution >= 0.6 is 0 Å². The Morgan fingerprint density at radius 3 is 2.62 bits per heavy atom. The molecule has 5 heteroatoms. The Balaban J connectivity index is 1.81. The molecule has 0 aliphatic carbocycles. The summed E-state index contributed by atoms with van der Waals surface area (Å²) in [6, 6.07) is 15.3. The van der Waals surface area contributed by atoms with Crippen molar-refractivity contribution in [1.29, 1.82) is 0 Å². The van der Waals surface area contributed by atoms with Crippen molar-refractivity contribution in [2.75, 3.05) is 25.1 Å². The van der Waals surface area contributed by atoms with Gasteiger partial charge in [-0.05, 0) is 49.2 Å². The van der Waals surface area contributed by atoms with Crippen LogP contribution in [0.4, 0.5) is 5.69 Å². The summed E-state index contributed by atoms with van der Waals surface area (Å²) in [6.45, 7) is 3.47. The van der Waals surface area contributed by atoms with Gasteiger partial charge >= 0.3 is 0 Å². The minimum atomic E-state index is -0.132. The molecular formula is C19H21N3O2. The van der Waals surface area contributed by atoms with Gasteiger partial charge in [0.15, 0.2) is 0 Å². The summed E-state index contributed by atoms with van der Waals surface area (Å²) < 4.78 is 5.20. The summed E-state index contributed by atoms with van der Waals surface area (Å²) in [5.41, 5.74) is 2.60. The number of aliphatic imine (C=N–C) groups is 1. The predicted molar refractivity (Wildman–Crippen MR) is 95.9 cm³/mol. The number of hydrogen-bond acceptors (Lipinski definition) is 4. The van der Waals surface area contributed by atoms with Gasteiger partial charge in [-0.2, -0.15) is 0 Å². The monoisotopic (exact) mass is 323 g/mol. The smallest absolute Gasteiger partial charge is 0.258 e. The average molecular weight is 323 g/mol. The zero-order valence-corrected chi connectivity index (χ0v) is 14.0. The highest BCUT2D eigenvalue weighted by Gasteiger charge is 2.20. The number of guanidine groups is 1. The number of carbonyl (C=O) groups excluding carboxylic acids is 1. The van der Waals surface area contributed by atoms with Crippen LogP contribution in [0, 0.1) is 6.92 Å². The summed E-state index contributed by atoms with van der Waals surface area (Å²) in [4.78, 5) is 19.1. The number of nitrogens with one attached hydrogen (secondary N) is 1. The first-order valence-corrected chi connectivity index (χ1v) is 8.02. The first-order valence-electron chi connectivity index (χ1n) is 8.02. The Kier molecular flexibility index (Phi) is 4.79. The van der Waals surface area contributed by atoms with Crippen molar-refractivity contribution >= 4 is 17.6 Å². The molecule has 0 saturated carbocycles. The fourth-order valence-corrected chi connectivity index (χ4v) is 2.72. The van der Waals surface area contributed by atoms with Crippen LogP contribution in [0.2, 0.25) is 0 Å². The van der Waals surface area contributed by atoms with E-state index in [2.05, 4.69) is 10.3 Å². The second-order valence-electron chi connectivity index (χ2n) is 5.68. The van der Waals surface area contributed by atoms with E-state index in [1.54, 1.807) is 7.11 Å². The van der Waals surface area contributed by atoms with E-state index in [0.29, 0.717) is 11.5 Å². The van der Waals surface area contributed by atoms with Crippen LogP contribution in [0.5, 0.6) is 5.75 Å². The maximum Gasteiger partial charge on any atom is 0.258 e.